The number of anilines is 3. The third-order valence-corrected chi connectivity index (χ3v) is 6.00. The van der Waals surface area contributed by atoms with E-state index < -0.39 is 17.3 Å². The summed E-state index contributed by atoms with van der Waals surface area (Å²) in [7, 11) is 0. The van der Waals surface area contributed by atoms with Crippen molar-refractivity contribution in [3.63, 3.8) is 0 Å². The van der Waals surface area contributed by atoms with Gasteiger partial charge in [-0.3, -0.25) is 14.5 Å². The van der Waals surface area contributed by atoms with Crippen molar-refractivity contribution in [2.75, 3.05) is 30.7 Å². The Hall–Kier alpha value is -3.60. The molecule has 1 aromatic carbocycles. The summed E-state index contributed by atoms with van der Waals surface area (Å²) in [6, 6.07) is 7.55. The highest BCUT2D eigenvalue weighted by molar-refractivity contribution is 6.00. The topological polar surface area (TPSA) is 132 Å². The lowest BCUT2D eigenvalue weighted by Gasteiger charge is -2.32. The number of nitrogens with two attached hydrogens (primary N) is 2. The molecule has 5 N–H and O–H groups in total. The van der Waals surface area contributed by atoms with Crippen molar-refractivity contribution in [2.45, 2.75) is 38.7 Å². The highest BCUT2D eigenvalue weighted by Crippen LogP contribution is 2.26. The van der Waals surface area contributed by atoms with Crippen molar-refractivity contribution in [1.82, 2.24) is 19.4 Å². The second-order valence-electron chi connectivity index (χ2n) is 8.44. The summed E-state index contributed by atoms with van der Waals surface area (Å²) in [5.74, 6) is -3.28. The minimum atomic E-state index is -2.60. The highest BCUT2D eigenvalue weighted by atomic mass is 19.3. The van der Waals surface area contributed by atoms with Crippen molar-refractivity contribution >= 4 is 34.4 Å². The quantitative estimate of drug-likeness (QED) is 0.482. The van der Waals surface area contributed by atoms with Crippen molar-refractivity contribution in [1.29, 1.82) is 0 Å². The lowest BCUT2D eigenvalue weighted by Crippen LogP contribution is -2.43. The number of fused-ring (bicyclic) bond motifs is 1. The van der Waals surface area contributed by atoms with E-state index in [1.807, 2.05) is 31.2 Å². The van der Waals surface area contributed by atoms with Crippen LogP contribution in [0.25, 0.3) is 11.0 Å². The number of nitrogens with zero attached hydrogens (tertiary/aromatic N) is 4. The molecule has 2 aromatic heterocycles. The molecule has 0 aliphatic carbocycles. The number of rotatable bonds is 7. The van der Waals surface area contributed by atoms with Crippen LogP contribution in [0.2, 0.25) is 0 Å². The summed E-state index contributed by atoms with van der Waals surface area (Å²) in [5, 5.41) is 3.23. The van der Waals surface area contributed by atoms with Crippen LogP contribution in [-0.4, -0.2) is 50.9 Å². The van der Waals surface area contributed by atoms with Crippen LogP contribution in [0.3, 0.4) is 0 Å². The number of carbonyl (C=O) groups excluding carboxylic acids is 1. The van der Waals surface area contributed by atoms with Gasteiger partial charge in [-0.05, 0) is 44.0 Å². The van der Waals surface area contributed by atoms with Gasteiger partial charge in [0.1, 0.15) is 11.4 Å². The molecule has 4 rings (SSSR count). The number of piperidine rings is 1. The van der Waals surface area contributed by atoms with Gasteiger partial charge in [0.2, 0.25) is 11.4 Å². The number of aryl methyl sites for hydroxylation is 1. The van der Waals surface area contributed by atoms with Gasteiger partial charge in [0.05, 0.1) is 11.9 Å². The molecule has 0 atom stereocenters. The van der Waals surface area contributed by atoms with Crippen LogP contribution in [0, 0.1) is 0 Å². The van der Waals surface area contributed by atoms with Crippen LogP contribution < -0.4 is 22.2 Å². The second kappa shape index (κ2) is 9.34. The minimum absolute atomic E-state index is 0.0337. The first-order valence-electron chi connectivity index (χ1n) is 11.1. The van der Waals surface area contributed by atoms with Crippen LogP contribution in [0.1, 0.15) is 35.7 Å². The summed E-state index contributed by atoms with van der Waals surface area (Å²) >= 11 is 0. The molecule has 0 unspecified atom stereocenters. The van der Waals surface area contributed by atoms with E-state index in [4.69, 9.17) is 11.5 Å². The molecular weight excluding hydrogens is 444 g/mol. The number of primary amides is 1. The first-order chi connectivity index (χ1) is 16.2. The number of pyridine rings is 1. The Morgan fingerprint density at radius 3 is 2.65 bits per heavy atom. The van der Waals surface area contributed by atoms with E-state index in [1.54, 1.807) is 4.90 Å². The molecule has 1 fully saturated rings. The molecule has 1 amide bonds. The first kappa shape index (κ1) is 23.6. The maximum Gasteiger partial charge on any atom is 0.260 e. The fraction of sp³-hybridized carbons (Fsp3) is 0.391. The molecule has 0 spiro atoms. The van der Waals surface area contributed by atoms with Gasteiger partial charge in [-0.25, -0.2) is 13.8 Å². The van der Waals surface area contributed by atoms with E-state index in [0.717, 1.165) is 11.3 Å². The maximum absolute atomic E-state index is 13.6. The molecule has 0 saturated carbocycles. The van der Waals surface area contributed by atoms with E-state index in [1.165, 1.54) is 10.8 Å². The fourth-order valence-electron chi connectivity index (χ4n) is 4.27. The SMILES string of the molecule is CCn1c(N)c(C(N)=O)c(=O)c2cnc(Nc3ccc(CCN4CCCC(F)(F)C4)cc3)nc21. The molecule has 9 nitrogen and oxygen atoms in total. The molecule has 1 aliphatic heterocycles. The fourth-order valence-corrected chi connectivity index (χ4v) is 4.27. The van der Waals surface area contributed by atoms with Crippen LogP contribution in [0.5, 0.6) is 0 Å². The molecule has 3 heterocycles. The summed E-state index contributed by atoms with van der Waals surface area (Å²) in [5.41, 5.74) is 12.5. The van der Waals surface area contributed by atoms with E-state index in [2.05, 4.69) is 15.3 Å². The zero-order valence-corrected chi connectivity index (χ0v) is 18.9. The number of carbonyl (C=O) groups is 1. The molecule has 0 bridgehead atoms. The Balaban J connectivity index is 1.50. The zero-order valence-electron chi connectivity index (χ0n) is 18.9. The number of nitrogens with one attached hydrogen (secondary N) is 1. The third-order valence-electron chi connectivity index (χ3n) is 6.00. The van der Waals surface area contributed by atoms with Gasteiger partial charge in [0.15, 0.2) is 5.65 Å². The van der Waals surface area contributed by atoms with Crippen LogP contribution >= 0.6 is 0 Å². The maximum atomic E-state index is 13.6. The molecule has 1 saturated heterocycles. The number of hydrogen-bond acceptors (Lipinski definition) is 7. The van der Waals surface area contributed by atoms with Gasteiger partial charge in [0.25, 0.3) is 11.8 Å². The largest absolute Gasteiger partial charge is 0.384 e. The number of aromatic nitrogens is 3. The van der Waals surface area contributed by atoms with Gasteiger partial charge < -0.3 is 21.4 Å². The zero-order chi connectivity index (χ0) is 24.5. The monoisotopic (exact) mass is 471 g/mol. The molecule has 34 heavy (non-hydrogen) atoms. The van der Waals surface area contributed by atoms with Crippen LogP contribution in [-0.2, 0) is 13.0 Å². The Bertz CT molecular complexity index is 1280. The summed E-state index contributed by atoms with van der Waals surface area (Å²) in [6.45, 7) is 3.28. The van der Waals surface area contributed by atoms with Crippen molar-refractivity contribution in [3.8, 4) is 0 Å². The van der Waals surface area contributed by atoms with Gasteiger partial charge in [0, 0.05) is 31.4 Å². The molecule has 1 aliphatic rings. The number of halogens is 2. The van der Waals surface area contributed by atoms with E-state index in [0.29, 0.717) is 38.1 Å². The lowest BCUT2D eigenvalue weighted by molar-refractivity contribution is -0.0635. The predicted octanol–water partition coefficient (Wildman–Crippen LogP) is 2.51. The third kappa shape index (κ3) is 4.84. The van der Waals surface area contributed by atoms with Crippen LogP contribution in [0.15, 0.2) is 35.3 Å². The van der Waals surface area contributed by atoms with Crippen LogP contribution in [0.4, 0.5) is 26.2 Å². The summed E-state index contributed by atoms with van der Waals surface area (Å²) in [4.78, 5) is 34.8. The molecule has 11 heteroatoms. The normalized spacial score (nSPS) is 16.0. The molecular formula is C23H27F2N7O2. The molecule has 0 radical (unpaired) electrons. The Morgan fingerprint density at radius 1 is 1.26 bits per heavy atom. The van der Waals surface area contributed by atoms with Crippen molar-refractivity contribution < 1.29 is 13.6 Å². The Morgan fingerprint density at radius 2 is 2.00 bits per heavy atom. The number of benzene rings is 1. The minimum Gasteiger partial charge on any atom is -0.384 e. The lowest BCUT2D eigenvalue weighted by atomic mass is 10.1. The first-order valence-corrected chi connectivity index (χ1v) is 11.1. The van der Waals surface area contributed by atoms with Gasteiger partial charge in [-0.2, -0.15) is 4.98 Å². The number of likely N-dealkylation sites (tertiary alicyclic amines) is 1. The Labute approximate surface area is 194 Å². The summed E-state index contributed by atoms with van der Waals surface area (Å²) in [6.07, 6.45) is 2.50. The Kier molecular flexibility index (Phi) is 6.47. The van der Waals surface area contributed by atoms with Crippen molar-refractivity contribution in [3.05, 3.63) is 51.8 Å². The number of nitrogen functional groups attached to an aromatic ring is 1. The molecule has 3 aromatic rings. The van der Waals surface area contributed by atoms with Gasteiger partial charge >= 0.3 is 0 Å². The number of hydrogen-bond donors (Lipinski definition) is 3. The number of alkyl halides is 2. The van der Waals surface area contributed by atoms with Crippen molar-refractivity contribution in [2.24, 2.45) is 5.73 Å². The van der Waals surface area contributed by atoms with E-state index in [-0.39, 0.29) is 35.7 Å². The summed E-state index contributed by atoms with van der Waals surface area (Å²) < 4.78 is 28.7. The van der Waals surface area contributed by atoms with Gasteiger partial charge in [-0.15, -0.1) is 0 Å². The average Bonchev–Trinajstić information content (AvgIpc) is 2.78. The van der Waals surface area contributed by atoms with E-state index in [9.17, 15) is 18.4 Å². The highest BCUT2D eigenvalue weighted by Gasteiger charge is 2.34. The number of amides is 1. The average molecular weight is 472 g/mol. The van der Waals surface area contributed by atoms with Gasteiger partial charge in [-0.1, -0.05) is 12.1 Å². The smallest absolute Gasteiger partial charge is 0.260 e. The second-order valence-corrected chi connectivity index (χ2v) is 8.44. The van der Waals surface area contributed by atoms with E-state index >= 15 is 0 Å². The molecule has 180 valence electrons. The predicted molar refractivity (Wildman–Crippen MR) is 126 cm³/mol. The standard InChI is InChI=1S/C23H27F2N7O2/c1-2-32-19(26)17(20(27)34)18(33)16-12-28-22(30-21(16)32)29-15-6-4-14(5-7-15)8-11-31-10-3-9-23(24,25)13-31/h4-7,12H,2-3,8-11,13,26H2,1H3,(H2,27,34)(H,28,29,30).